The molecule has 0 spiro atoms. The Hall–Kier alpha value is -2.13. The van der Waals surface area contributed by atoms with Crippen molar-refractivity contribution in [2.75, 3.05) is 24.6 Å². The lowest BCUT2D eigenvalue weighted by Crippen LogP contribution is -2.38. The molecular formula is C15H19N3O3. The molecule has 1 aromatic rings. The van der Waals surface area contributed by atoms with Crippen LogP contribution in [0.4, 0.5) is 5.69 Å². The molecule has 0 aliphatic carbocycles. The molecule has 2 rings (SSSR count). The van der Waals surface area contributed by atoms with Crippen molar-refractivity contribution in [1.29, 1.82) is 5.26 Å². The Morgan fingerprint density at radius 3 is 2.76 bits per heavy atom. The number of aliphatic carboxylic acids is 1. The first kappa shape index (κ1) is 15.3. The molecule has 112 valence electrons. The van der Waals surface area contributed by atoms with Gasteiger partial charge < -0.3 is 14.7 Å². The summed E-state index contributed by atoms with van der Waals surface area (Å²) in [6, 6.07) is 4.16. The van der Waals surface area contributed by atoms with Gasteiger partial charge >= 0.3 is 5.97 Å². The van der Waals surface area contributed by atoms with Crippen molar-refractivity contribution in [3.63, 3.8) is 0 Å². The van der Waals surface area contributed by atoms with Crippen LogP contribution in [0, 0.1) is 25.2 Å². The molecule has 1 aliphatic heterocycles. The average Bonchev–Trinajstić information content (AvgIpc) is 2.45. The zero-order valence-corrected chi connectivity index (χ0v) is 12.3. The molecule has 1 aliphatic rings. The monoisotopic (exact) mass is 289 g/mol. The number of aromatic nitrogens is 1. The molecule has 1 saturated heterocycles. The predicted octanol–water partition coefficient (Wildman–Crippen LogP) is 1.64. The summed E-state index contributed by atoms with van der Waals surface area (Å²) >= 11 is 0. The number of carboxylic acids is 1. The minimum Gasteiger partial charge on any atom is -0.480 e. The highest BCUT2D eigenvalue weighted by Crippen LogP contribution is 2.27. The van der Waals surface area contributed by atoms with E-state index in [2.05, 4.69) is 16.0 Å². The lowest BCUT2D eigenvalue weighted by molar-refractivity contribution is -0.144. The zero-order chi connectivity index (χ0) is 15.4. The summed E-state index contributed by atoms with van der Waals surface area (Å²) < 4.78 is 5.33. The van der Waals surface area contributed by atoms with Gasteiger partial charge in [-0.3, -0.25) is 4.98 Å². The molecule has 6 nitrogen and oxygen atoms in total. The van der Waals surface area contributed by atoms with E-state index in [1.54, 1.807) is 0 Å². The van der Waals surface area contributed by atoms with E-state index in [1.165, 1.54) is 0 Å². The van der Waals surface area contributed by atoms with Crippen LogP contribution in [0.5, 0.6) is 0 Å². The summed E-state index contributed by atoms with van der Waals surface area (Å²) in [6.45, 7) is 5.02. The lowest BCUT2D eigenvalue weighted by atomic mass is 10.0. The number of aryl methyl sites for hydroxylation is 2. The van der Waals surface area contributed by atoms with Gasteiger partial charge in [0, 0.05) is 18.8 Å². The van der Waals surface area contributed by atoms with Crippen molar-refractivity contribution >= 4 is 11.7 Å². The van der Waals surface area contributed by atoms with E-state index >= 15 is 0 Å². The number of anilines is 1. The summed E-state index contributed by atoms with van der Waals surface area (Å²) in [5.41, 5.74) is 3.17. The second kappa shape index (κ2) is 6.55. The number of carbonyl (C=O) groups is 1. The van der Waals surface area contributed by atoms with Gasteiger partial charge in [-0.1, -0.05) is 0 Å². The highest BCUT2D eigenvalue weighted by Gasteiger charge is 2.23. The Kier molecular flexibility index (Phi) is 4.76. The van der Waals surface area contributed by atoms with Crippen molar-refractivity contribution in [1.82, 2.24) is 4.98 Å². The number of hydrogen-bond donors (Lipinski definition) is 1. The van der Waals surface area contributed by atoms with Crippen LogP contribution in [0.15, 0.2) is 6.07 Å². The minimum absolute atomic E-state index is 0.0214. The normalized spacial score (nSPS) is 15.8. The van der Waals surface area contributed by atoms with Gasteiger partial charge in [-0.05, 0) is 32.8 Å². The van der Waals surface area contributed by atoms with Gasteiger partial charge in [-0.2, -0.15) is 5.26 Å². The standard InChI is InChI=1S/C15H19N3O3/c1-10-7-14(13(8-16)11(2)17-10)18-5-3-12(4-6-18)21-9-15(19)20/h7,12H,3-6,9H2,1-2H3,(H,19,20). The molecule has 2 heterocycles. The lowest BCUT2D eigenvalue weighted by Gasteiger charge is -2.34. The van der Waals surface area contributed by atoms with Crippen LogP contribution in [0.2, 0.25) is 0 Å². The van der Waals surface area contributed by atoms with Crippen LogP contribution in [-0.4, -0.2) is 41.9 Å². The quantitative estimate of drug-likeness (QED) is 0.906. The van der Waals surface area contributed by atoms with E-state index < -0.39 is 5.97 Å². The number of rotatable bonds is 4. The van der Waals surface area contributed by atoms with Gasteiger partial charge in [0.05, 0.1) is 23.0 Å². The Balaban J connectivity index is 2.06. The Morgan fingerprint density at radius 2 is 2.19 bits per heavy atom. The van der Waals surface area contributed by atoms with E-state index in [4.69, 9.17) is 9.84 Å². The number of ether oxygens (including phenoxy) is 1. The molecule has 0 radical (unpaired) electrons. The van der Waals surface area contributed by atoms with Crippen molar-refractivity contribution in [3.8, 4) is 6.07 Å². The second-order valence-electron chi connectivity index (χ2n) is 5.25. The summed E-state index contributed by atoms with van der Waals surface area (Å²) in [4.78, 5) is 17.0. The fourth-order valence-corrected chi connectivity index (χ4v) is 2.65. The van der Waals surface area contributed by atoms with Crippen LogP contribution >= 0.6 is 0 Å². The number of nitriles is 1. The third-order valence-electron chi connectivity index (χ3n) is 3.64. The summed E-state index contributed by atoms with van der Waals surface area (Å²) in [5, 5.41) is 17.9. The highest BCUT2D eigenvalue weighted by atomic mass is 16.5. The molecule has 21 heavy (non-hydrogen) atoms. The molecule has 1 fully saturated rings. The van der Waals surface area contributed by atoms with Crippen molar-refractivity contribution in [2.24, 2.45) is 0 Å². The first-order chi connectivity index (χ1) is 10.0. The fourth-order valence-electron chi connectivity index (χ4n) is 2.65. The van der Waals surface area contributed by atoms with E-state index in [0.717, 1.165) is 43.0 Å². The Morgan fingerprint density at radius 1 is 1.52 bits per heavy atom. The van der Waals surface area contributed by atoms with Gasteiger partial charge in [-0.25, -0.2) is 4.79 Å². The van der Waals surface area contributed by atoms with Gasteiger partial charge in [0.25, 0.3) is 0 Å². The smallest absolute Gasteiger partial charge is 0.329 e. The van der Waals surface area contributed by atoms with Gasteiger partial charge in [-0.15, -0.1) is 0 Å². The van der Waals surface area contributed by atoms with E-state index in [9.17, 15) is 10.1 Å². The summed E-state index contributed by atoms with van der Waals surface area (Å²) in [7, 11) is 0. The number of carboxylic acid groups (broad SMARTS) is 1. The molecule has 1 aromatic heterocycles. The predicted molar refractivity (Wildman–Crippen MR) is 77.2 cm³/mol. The summed E-state index contributed by atoms with van der Waals surface area (Å²) in [5.74, 6) is -0.940. The van der Waals surface area contributed by atoms with Crippen molar-refractivity contribution < 1.29 is 14.6 Å². The molecular weight excluding hydrogens is 270 g/mol. The van der Waals surface area contributed by atoms with E-state index in [1.807, 2.05) is 19.9 Å². The topological polar surface area (TPSA) is 86.5 Å². The van der Waals surface area contributed by atoms with E-state index in [0.29, 0.717) is 5.56 Å². The first-order valence-corrected chi connectivity index (χ1v) is 6.98. The van der Waals surface area contributed by atoms with Gasteiger partial charge in [0.15, 0.2) is 0 Å². The zero-order valence-electron chi connectivity index (χ0n) is 12.3. The van der Waals surface area contributed by atoms with Crippen molar-refractivity contribution in [2.45, 2.75) is 32.8 Å². The first-order valence-electron chi connectivity index (χ1n) is 6.98. The maximum Gasteiger partial charge on any atom is 0.329 e. The molecule has 6 heteroatoms. The molecule has 0 saturated carbocycles. The molecule has 0 aromatic carbocycles. The Bertz CT molecular complexity index is 572. The molecule has 0 atom stereocenters. The number of piperidine rings is 1. The SMILES string of the molecule is Cc1cc(N2CCC(OCC(=O)O)CC2)c(C#N)c(C)n1. The average molecular weight is 289 g/mol. The van der Waals surface area contributed by atoms with Crippen LogP contribution < -0.4 is 4.90 Å². The molecule has 0 amide bonds. The Labute approximate surface area is 124 Å². The molecule has 1 N–H and O–H groups in total. The number of nitrogens with zero attached hydrogens (tertiary/aromatic N) is 3. The van der Waals surface area contributed by atoms with Gasteiger partial charge in [0.2, 0.25) is 0 Å². The minimum atomic E-state index is -0.940. The third kappa shape index (κ3) is 3.70. The second-order valence-corrected chi connectivity index (χ2v) is 5.25. The molecule has 0 unspecified atom stereocenters. The number of pyridine rings is 1. The third-order valence-corrected chi connectivity index (χ3v) is 3.64. The van der Waals surface area contributed by atoms with Crippen LogP contribution in [-0.2, 0) is 9.53 Å². The maximum atomic E-state index is 10.5. The summed E-state index contributed by atoms with van der Waals surface area (Å²) in [6.07, 6.45) is 1.50. The van der Waals surface area contributed by atoms with Crippen LogP contribution in [0.3, 0.4) is 0 Å². The largest absolute Gasteiger partial charge is 0.480 e. The molecule has 0 bridgehead atoms. The maximum absolute atomic E-state index is 10.5. The number of hydrogen-bond acceptors (Lipinski definition) is 5. The fraction of sp³-hybridized carbons (Fsp3) is 0.533. The highest BCUT2D eigenvalue weighted by molar-refractivity contribution is 5.68. The van der Waals surface area contributed by atoms with E-state index in [-0.39, 0.29) is 12.7 Å². The van der Waals surface area contributed by atoms with Crippen LogP contribution in [0.1, 0.15) is 29.8 Å². The van der Waals surface area contributed by atoms with Crippen LogP contribution in [0.25, 0.3) is 0 Å². The van der Waals surface area contributed by atoms with Gasteiger partial charge in [0.1, 0.15) is 12.7 Å². The van der Waals surface area contributed by atoms with Crippen molar-refractivity contribution in [3.05, 3.63) is 23.0 Å².